The van der Waals surface area contributed by atoms with Gasteiger partial charge in [-0.05, 0) is 13.2 Å². The van der Waals surface area contributed by atoms with Crippen LogP contribution in [0.25, 0.3) is 11.2 Å². The van der Waals surface area contributed by atoms with E-state index in [1.165, 1.54) is 11.8 Å². The first-order valence-corrected chi connectivity index (χ1v) is 8.07. The first-order chi connectivity index (χ1) is 9.56. The third-order valence-corrected chi connectivity index (χ3v) is 4.07. The van der Waals surface area contributed by atoms with Crippen molar-refractivity contribution in [2.24, 2.45) is 7.05 Å². The van der Waals surface area contributed by atoms with Crippen molar-refractivity contribution in [3.05, 3.63) is 10.4 Å². The molecule has 0 aromatic carbocycles. The van der Waals surface area contributed by atoms with Crippen molar-refractivity contribution in [3.8, 4) is 0 Å². The van der Waals surface area contributed by atoms with Gasteiger partial charge in [0.1, 0.15) is 0 Å². The number of carbonyl (C=O) groups excluding carboxylic acids is 1. The number of fused-ring (bicyclic) bond motifs is 1. The summed E-state index contributed by atoms with van der Waals surface area (Å²) in [6, 6.07) is 0. The molecule has 7 nitrogen and oxygen atoms in total. The van der Waals surface area contributed by atoms with Crippen LogP contribution in [0.3, 0.4) is 0 Å². The van der Waals surface area contributed by atoms with E-state index >= 15 is 0 Å². The molecule has 0 amide bonds. The average Bonchev–Trinajstić information content (AvgIpc) is 2.74. The number of esters is 1. The lowest BCUT2D eigenvalue weighted by Crippen LogP contribution is -2.13. The number of nitrogens with zero attached hydrogens (tertiary/aromatic N) is 3. The van der Waals surface area contributed by atoms with Crippen LogP contribution >= 0.6 is 23.5 Å². The summed E-state index contributed by atoms with van der Waals surface area (Å²) < 4.78 is 6.52. The van der Waals surface area contributed by atoms with Gasteiger partial charge in [-0.2, -0.15) is 0 Å². The molecule has 0 radical (unpaired) electrons. The highest BCUT2D eigenvalue weighted by Crippen LogP contribution is 2.19. The molecule has 2 rings (SSSR count). The summed E-state index contributed by atoms with van der Waals surface area (Å²) in [5.41, 5.74) is 0.540. The first kappa shape index (κ1) is 14.9. The highest BCUT2D eigenvalue weighted by molar-refractivity contribution is 7.99. The molecule has 1 N–H and O–H groups in total. The van der Waals surface area contributed by atoms with E-state index < -0.39 is 0 Å². The number of thioether (sulfide) groups is 2. The highest BCUT2D eigenvalue weighted by Gasteiger charge is 2.14. The molecule has 0 atom stereocenters. The lowest BCUT2D eigenvalue weighted by Gasteiger charge is -2.01. The zero-order valence-corrected chi connectivity index (χ0v) is 12.9. The van der Waals surface area contributed by atoms with Gasteiger partial charge in [0.2, 0.25) is 0 Å². The Kier molecular flexibility index (Phi) is 4.71. The van der Waals surface area contributed by atoms with E-state index in [-0.39, 0.29) is 17.3 Å². The number of nitrogens with one attached hydrogen (secondary N) is 1. The summed E-state index contributed by atoms with van der Waals surface area (Å²) in [6.07, 6.45) is 1.88. The van der Waals surface area contributed by atoms with Crippen molar-refractivity contribution in [1.82, 2.24) is 19.5 Å². The Morgan fingerprint density at radius 3 is 2.85 bits per heavy atom. The Hall–Kier alpha value is -1.48. The fourth-order valence-corrected chi connectivity index (χ4v) is 2.85. The quantitative estimate of drug-likeness (QED) is 0.501. The minimum Gasteiger partial charge on any atom is -0.465 e. The van der Waals surface area contributed by atoms with Gasteiger partial charge in [-0.25, -0.2) is 9.97 Å². The number of carbonyl (C=O) groups is 1. The zero-order chi connectivity index (χ0) is 14.7. The van der Waals surface area contributed by atoms with E-state index in [2.05, 4.69) is 15.0 Å². The molecule has 9 heteroatoms. The molecule has 2 heterocycles. The molecule has 0 aliphatic rings. The lowest BCUT2D eigenvalue weighted by molar-refractivity contribution is -0.139. The van der Waals surface area contributed by atoms with Crippen LogP contribution in [0.5, 0.6) is 0 Å². The monoisotopic (exact) mass is 314 g/mol. The van der Waals surface area contributed by atoms with Crippen LogP contribution in [0.1, 0.15) is 6.92 Å². The van der Waals surface area contributed by atoms with Gasteiger partial charge >= 0.3 is 5.97 Å². The molecule has 0 bridgehead atoms. The maximum atomic E-state index is 12.0. The van der Waals surface area contributed by atoms with Gasteiger partial charge < -0.3 is 9.30 Å². The van der Waals surface area contributed by atoms with Crippen molar-refractivity contribution < 1.29 is 9.53 Å². The highest BCUT2D eigenvalue weighted by atomic mass is 32.2. The number of aromatic nitrogens is 4. The molecule has 2 aromatic rings. The Labute approximate surface area is 123 Å². The Balaban J connectivity index is 2.29. The van der Waals surface area contributed by atoms with Gasteiger partial charge in [0.15, 0.2) is 21.5 Å². The van der Waals surface area contributed by atoms with Gasteiger partial charge in [-0.3, -0.25) is 14.6 Å². The second-order valence-corrected chi connectivity index (χ2v) is 5.53. The van der Waals surface area contributed by atoms with Crippen LogP contribution in [0.4, 0.5) is 0 Å². The van der Waals surface area contributed by atoms with Crippen LogP contribution in [-0.4, -0.2) is 44.1 Å². The number of rotatable bonds is 5. The Morgan fingerprint density at radius 2 is 2.20 bits per heavy atom. The van der Waals surface area contributed by atoms with Crippen molar-refractivity contribution in [3.63, 3.8) is 0 Å². The molecule has 0 aliphatic heterocycles. The normalized spacial score (nSPS) is 10.9. The lowest BCUT2D eigenvalue weighted by atomic mass is 10.5. The number of H-pyrrole nitrogens is 1. The number of aromatic amines is 1. The van der Waals surface area contributed by atoms with Crippen LogP contribution < -0.4 is 5.56 Å². The average molecular weight is 314 g/mol. The predicted octanol–water partition coefficient (Wildman–Crippen LogP) is 1.03. The Bertz CT molecular complexity index is 695. The van der Waals surface area contributed by atoms with E-state index in [4.69, 9.17) is 4.74 Å². The number of aryl methyl sites for hydroxylation is 1. The van der Waals surface area contributed by atoms with Crippen LogP contribution in [-0.2, 0) is 16.6 Å². The molecule has 0 saturated carbocycles. The first-order valence-electron chi connectivity index (χ1n) is 5.86. The standard InChI is InChI=1S/C11H14N4O3S2/c1-4-18-6(16)5-20-10-12-8-7(9(17)14-10)15(2)11(13-8)19-3/h4-5H2,1-3H3,(H,12,14,17). The van der Waals surface area contributed by atoms with Crippen molar-refractivity contribution >= 4 is 40.7 Å². The predicted molar refractivity (Wildman–Crippen MR) is 78.3 cm³/mol. The molecule has 20 heavy (non-hydrogen) atoms. The summed E-state index contributed by atoms with van der Waals surface area (Å²) in [5, 5.41) is 1.08. The molecule has 0 aliphatic carbocycles. The fourth-order valence-electron chi connectivity index (χ4n) is 1.66. The molecule has 0 spiro atoms. The summed E-state index contributed by atoms with van der Waals surface area (Å²) in [6.45, 7) is 2.08. The van der Waals surface area contributed by atoms with Crippen LogP contribution in [0.15, 0.2) is 15.1 Å². The number of hydrogen-bond acceptors (Lipinski definition) is 7. The van der Waals surface area contributed by atoms with E-state index in [0.717, 1.165) is 11.8 Å². The fraction of sp³-hybridized carbons (Fsp3) is 0.455. The topological polar surface area (TPSA) is 89.9 Å². The summed E-state index contributed by atoms with van der Waals surface area (Å²) in [4.78, 5) is 34.5. The smallest absolute Gasteiger partial charge is 0.316 e. The molecule has 108 valence electrons. The maximum absolute atomic E-state index is 12.0. The second-order valence-electron chi connectivity index (χ2n) is 3.79. The van der Waals surface area contributed by atoms with E-state index in [0.29, 0.717) is 28.1 Å². The van der Waals surface area contributed by atoms with E-state index in [1.807, 2.05) is 6.26 Å². The van der Waals surface area contributed by atoms with Crippen molar-refractivity contribution in [1.29, 1.82) is 0 Å². The molecule has 0 unspecified atom stereocenters. The number of ether oxygens (including phenoxy) is 1. The molecular weight excluding hydrogens is 300 g/mol. The van der Waals surface area contributed by atoms with Gasteiger partial charge in [-0.15, -0.1) is 0 Å². The second kappa shape index (κ2) is 6.31. The summed E-state index contributed by atoms with van der Waals surface area (Å²) >= 11 is 2.56. The molecule has 0 fully saturated rings. The van der Waals surface area contributed by atoms with Crippen LogP contribution in [0, 0.1) is 0 Å². The van der Waals surface area contributed by atoms with E-state index in [1.54, 1.807) is 18.5 Å². The van der Waals surface area contributed by atoms with Gasteiger partial charge in [0.25, 0.3) is 5.56 Å². The number of imidazole rings is 1. The Morgan fingerprint density at radius 1 is 1.45 bits per heavy atom. The van der Waals surface area contributed by atoms with Gasteiger partial charge in [-0.1, -0.05) is 23.5 Å². The van der Waals surface area contributed by atoms with Crippen LogP contribution in [0.2, 0.25) is 0 Å². The minimum absolute atomic E-state index is 0.102. The SMILES string of the molecule is CCOC(=O)CSc1nc2nc(SC)n(C)c2c(=O)[nH]1. The zero-order valence-electron chi connectivity index (χ0n) is 11.3. The van der Waals surface area contributed by atoms with Crippen molar-refractivity contribution in [2.45, 2.75) is 17.2 Å². The van der Waals surface area contributed by atoms with E-state index in [9.17, 15) is 9.59 Å². The third kappa shape index (κ3) is 2.98. The number of hydrogen-bond donors (Lipinski definition) is 1. The minimum atomic E-state index is -0.342. The third-order valence-electron chi connectivity index (χ3n) is 2.49. The van der Waals surface area contributed by atoms with Gasteiger partial charge in [0.05, 0.1) is 12.4 Å². The van der Waals surface area contributed by atoms with Crippen molar-refractivity contribution in [2.75, 3.05) is 18.6 Å². The largest absolute Gasteiger partial charge is 0.465 e. The molecule has 0 saturated heterocycles. The molecule has 2 aromatic heterocycles. The molecular formula is C11H14N4O3S2. The summed E-state index contributed by atoms with van der Waals surface area (Å²) in [5.74, 6) is -0.240. The maximum Gasteiger partial charge on any atom is 0.316 e. The summed E-state index contributed by atoms with van der Waals surface area (Å²) in [7, 11) is 1.77. The van der Waals surface area contributed by atoms with Gasteiger partial charge in [0, 0.05) is 7.05 Å².